The molecule has 29 heavy (non-hydrogen) atoms. The number of fused-ring (bicyclic) bond motifs is 1. The summed E-state index contributed by atoms with van der Waals surface area (Å²) in [5, 5.41) is 0. The Hall–Kier alpha value is -2.13. The highest BCUT2D eigenvalue weighted by molar-refractivity contribution is 5.62. The van der Waals surface area contributed by atoms with Gasteiger partial charge in [-0.15, -0.1) is 0 Å². The van der Waals surface area contributed by atoms with E-state index in [4.69, 9.17) is 15.5 Å². The molecule has 1 unspecified atom stereocenters. The van der Waals surface area contributed by atoms with Crippen molar-refractivity contribution in [2.45, 2.75) is 49.5 Å². The largest absolute Gasteiger partial charge is 0.419 e. The number of imidazole rings is 1. The molecule has 0 aromatic carbocycles. The van der Waals surface area contributed by atoms with Crippen LogP contribution in [0.2, 0.25) is 0 Å². The molecule has 2 N–H and O–H groups in total. The molecular formula is C20H22F3N5O. The third kappa shape index (κ3) is 2.70. The van der Waals surface area contributed by atoms with Crippen molar-refractivity contribution in [2.75, 3.05) is 25.5 Å². The molecule has 5 heterocycles. The van der Waals surface area contributed by atoms with E-state index in [2.05, 4.69) is 14.5 Å². The maximum absolute atomic E-state index is 13.3. The molecule has 2 bridgehead atoms. The quantitative estimate of drug-likeness (QED) is 0.847. The van der Waals surface area contributed by atoms with E-state index >= 15 is 0 Å². The standard InChI is InChI=1S/C20H22F3N5O/c21-20(22,23)14-3-11(5-25-18(14)24)15-7-28(19(26-15)10-1-2-10)17-12-4-16(17)27(6-12)13-8-29-9-13/h3,5,7,10,12-13,16-17H,1-2,4,6,8-9H2,(H2,24,25)/t12-,16?,17-/m0/s1. The van der Waals surface area contributed by atoms with Gasteiger partial charge in [-0.25, -0.2) is 9.97 Å². The molecule has 7 rings (SSSR count). The van der Waals surface area contributed by atoms with Crippen LogP contribution in [0, 0.1) is 5.92 Å². The Kier molecular flexibility index (Phi) is 3.63. The number of rotatable bonds is 4. The van der Waals surface area contributed by atoms with Crippen molar-refractivity contribution >= 4 is 5.82 Å². The van der Waals surface area contributed by atoms with E-state index in [1.54, 1.807) is 0 Å². The number of hydrogen-bond donors (Lipinski definition) is 1. The van der Waals surface area contributed by atoms with E-state index < -0.39 is 17.6 Å². The summed E-state index contributed by atoms with van der Waals surface area (Å²) in [6.07, 6.45) is 2.15. The van der Waals surface area contributed by atoms with Gasteiger partial charge in [0.1, 0.15) is 11.6 Å². The SMILES string of the molecule is Nc1ncc(-c2cn([C@@H]3C4C[C@H]3CN4C3COC3)c(C3CC3)n2)cc1C(F)(F)F. The second-order valence-electron chi connectivity index (χ2n) is 8.76. The first-order valence-corrected chi connectivity index (χ1v) is 10.2. The monoisotopic (exact) mass is 405 g/mol. The number of ether oxygens (including phenoxy) is 1. The van der Waals surface area contributed by atoms with Gasteiger partial charge in [-0.1, -0.05) is 0 Å². The van der Waals surface area contributed by atoms with Crippen LogP contribution >= 0.6 is 0 Å². The van der Waals surface area contributed by atoms with Crippen LogP contribution in [-0.2, 0) is 10.9 Å². The summed E-state index contributed by atoms with van der Waals surface area (Å²) in [6.45, 7) is 2.68. The number of hydrogen-bond acceptors (Lipinski definition) is 5. The minimum atomic E-state index is -4.53. The van der Waals surface area contributed by atoms with Crippen molar-refractivity contribution in [3.63, 3.8) is 0 Å². The highest BCUT2D eigenvalue weighted by Gasteiger charge is 2.56. The minimum Gasteiger partial charge on any atom is -0.383 e. The van der Waals surface area contributed by atoms with Crippen LogP contribution in [0.5, 0.6) is 0 Å². The maximum atomic E-state index is 13.3. The molecule has 5 aliphatic rings. The molecule has 3 saturated heterocycles. The fraction of sp³-hybridized carbons (Fsp3) is 0.600. The first-order valence-electron chi connectivity index (χ1n) is 10.2. The number of nitrogens with zero attached hydrogens (tertiary/aromatic N) is 4. The highest BCUT2D eigenvalue weighted by atomic mass is 19.4. The summed E-state index contributed by atoms with van der Waals surface area (Å²) in [4.78, 5) is 11.1. The molecule has 3 aliphatic heterocycles. The summed E-state index contributed by atoms with van der Waals surface area (Å²) in [6, 6.07) is 2.41. The molecule has 0 radical (unpaired) electrons. The van der Waals surface area contributed by atoms with E-state index in [0.717, 1.165) is 44.5 Å². The van der Waals surface area contributed by atoms with Gasteiger partial charge < -0.3 is 15.0 Å². The number of halogens is 3. The third-order valence-corrected chi connectivity index (χ3v) is 6.93. The molecule has 6 nitrogen and oxygen atoms in total. The topological polar surface area (TPSA) is 69.2 Å². The first kappa shape index (κ1) is 17.7. The smallest absolute Gasteiger partial charge is 0.383 e. The molecule has 2 aromatic rings. The summed E-state index contributed by atoms with van der Waals surface area (Å²) < 4.78 is 47.4. The second-order valence-corrected chi connectivity index (χ2v) is 8.76. The van der Waals surface area contributed by atoms with Gasteiger partial charge in [0.25, 0.3) is 0 Å². The Morgan fingerprint density at radius 1 is 1.21 bits per heavy atom. The van der Waals surface area contributed by atoms with Crippen LogP contribution in [0.4, 0.5) is 19.0 Å². The van der Waals surface area contributed by atoms with Crippen molar-refractivity contribution < 1.29 is 17.9 Å². The average Bonchev–Trinajstić information content (AvgIpc) is 3.07. The summed E-state index contributed by atoms with van der Waals surface area (Å²) in [7, 11) is 0. The van der Waals surface area contributed by atoms with Gasteiger partial charge in [-0.2, -0.15) is 13.2 Å². The summed E-state index contributed by atoms with van der Waals surface area (Å²) in [5.74, 6) is 1.50. The Balaban J connectivity index is 1.36. The second kappa shape index (κ2) is 5.95. The van der Waals surface area contributed by atoms with Crippen molar-refractivity contribution in [2.24, 2.45) is 5.92 Å². The normalized spacial score (nSPS) is 29.7. The number of nitrogen functional groups attached to an aromatic ring is 1. The molecule has 2 aliphatic carbocycles. The zero-order valence-corrected chi connectivity index (χ0v) is 15.8. The van der Waals surface area contributed by atoms with Crippen LogP contribution in [-0.4, -0.2) is 51.3 Å². The highest BCUT2D eigenvalue weighted by Crippen LogP contribution is 2.53. The zero-order chi connectivity index (χ0) is 19.9. The van der Waals surface area contributed by atoms with Crippen molar-refractivity contribution in [3.8, 4) is 11.3 Å². The number of anilines is 1. The molecule has 154 valence electrons. The van der Waals surface area contributed by atoms with Gasteiger partial charge in [0.05, 0.1) is 36.6 Å². The van der Waals surface area contributed by atoms with Gasteiger partial charge in [0.15, 0.2) is 0 Å². The van der Waals surface area contributed by atoms with E-state index in [0.29, 0.717) is 41.2 Å². The van der Waals surface area contributed by atoms with Gasteiger partial charge in [-0.3, -0.25) is 4.90 Å². The van der Waals surface area contributed by atoms with E-state index in [-0.39, 0.29) is 0 Å². The molecule has 2 aromatic heterocycles. The maximum Gasteiger partial charge on any atom is 0.419 e. The lowest BCUT2D eigenvalue weighted by molar-refractivity contribution is -0.137. The lowest BCUT2D eigenvalue weighted by Gasteiger charge is -2.42. The lowest BCUT2D eigenvalue weighted by Crippen LogP contribution is -2.52. The van der Waals surface area contributed by atoms with E-state index in [9.17, 15) is 13.2 Å². The third-order valence-electron chi connectivity index (χ3n) is 6.93. The number of aromatic nitrogens is 3. The fourth-order valence-electron chi connectivity index (χ4n) is 5.15. The number of pyridine rings is 1. The first-order chi connectivity index (χ1) is 13.9. The zero-order valence-electron chi connectivity index (χ0n) is 15.8. The summed E-state index contributed by atoms with van der Waals surface area (Å²) >= 11 is 0. The van der Waals surface area contributed by atoms with Gasteiger partial charge in [0, 0.05) is 36.5 Å². The van der Waals surface area contributed by atoms with Crippen molar-refractivity contribution in [1.82, 2.24) is 19.4 Å². The number of nitrogens with two attached hydrogens (primary N) is 1. The van der Waals surface area contributed by atoms with Crippen molar-refractivity contribution in [3.05, 3.63) is 29.8 Å². The molecule has 3 atom stereocenters. The molecular weight excluding hydrogens is 383 g/mol. The fourth-order valence-corrected chi connectivity index (χ4v) is 5.15. The van der Waals surface area contributed by atoms with Gasteiger partial charge in [-0.05, 0) is 31.2 Å². The lowest BCUT2D eigenvalue weighted by atomic mass is 9.79. The molecule has 9 heteroatoms. The summed E-state index contributed by atoms with van der Waals surface area (Å²) in [5.41, 5.74) is 5.47. The van der Waals surface area contributed by atoms with Gasteiger partial charge >= 0.3 is 6.18 Å². The Morgan fingerprint density at radius 2 is 2.00 bits per heavy atom. The molecule has 2 saturated carbocycles. The Labute approximate surface area is 165 Å². The Morgan fingerprint density at radius 3 is 2.66 bits per heavy atom. The molecule has 5 fully saturated rings. The van der Waals surface area contributed by atoms with Gasteiger partial charge in [0.2, 0.25) is 0 Å². The molecule has 0 amide bonds. The predicted octanol–water partition coefficient (Wildman–Crippen LogP) is 3.07. The van der Waals surface area contributed by atoms with Crippen LogP contribution in [0.1, 0.15) is 42.6 Å². The van der Waals surface area contributed by atoms with Crippen LogP contribution in [0.15, 0.2) is 18.5 Å². The van der Waals surface area contributed by atoms with Crippen molar-refractivity contribution in [1.29, 1.82) is 0 Å². The van der Waals surface area contributed by atoms with Crippen LogP contribution in [0.25, 0.3) is 11.3 Å². The predicted molar refractivity (Wildman–Crippen MR) is 99.1 cm³/mol. The Bertz CT molecular complexity index is 966. The van der Waals surface area contributed by atoms with Crippen LogP contribution in [0.3, 0.4) is 0 Å². The minimum absolute atomic E-state index is 0.358. The van der Waals surface area contributed by atoms with E-state index in [1.165, 1.54) is 12.6 Å². The van der Waals surface area contributed by atoms with Crippen LogP contribution < -0.4 is 5.73 Å². The average molecular weight is 405 g/mol. The molecule has 0 spiro atoms. The van der Waals surface area contributed by atoms with E-state index in [1.807, 2.05) is 6.20 Å². The number of alkyl halides is 3.